The van der Waals surface area contributed by atoms with Gasteiger partial charge in [0.25, 0.3) is 17.5 Å². The van der Waals surface area contributed by atoms with Gasteiger partial charge in [-0.1, -0.05) is 12.1 Å². The number of hydrogen-bond acceptors (Lipinski definition) is 6. The molecule has 1 aliphatic heterocycles. The van der Waals surface area contributed by atoms with E-state index in [4.69, 9.17) is 0 Å². The summed E-state index contributed by atoms with van der Waals surface area (Å²) in [6.45, 7) is 0. The van der Waals surface area contributed by atoms with Gasteiger partial charge in [0.1, 0.15) is 0 Å². The fourth-order valence-electron chi connectivity index (χ4n) is 2.43. The minimum absolute atomic E-state index is 0.0894. The van der Waals surface area contributed by atoms with Crippen molar-refractivity contribution in [3.8, 4) is 0 Å². The number of carbonyl (C=O) groups is 2. The average Bonchev–Trinajstić information content (AvgIpc) is 2.79. The largest absolute Gasteiger partial charge is 0.488 e. The lowest BCUT2D eigenvalue weighted by Crippen LogP contribution is -2.34. The highest BCUT2D eigenvalue weighted by molar-refractivity contribution is 6.59. The molecule has 0 unspecified atom stereocenters. The molecule has 114 valence electrons. The van der Waals surface area contributed by atoms with Crippen LogP contribution in [0.2, 0.25) is 0 Å². The molecular formula is C14H9BN2O6. The third-order valence-corrected chi connectivity index (χ3v) is 3.49. The van der Waals surface area contributed by atoms with Crippen LogP contribution in [-0.4, -0.2) is 33.9 Å². The predicted octanol–water partition coefficient (Wildman–Crippen LogP) is 0.0752. The molecule has 0 radical (unpaired) electrons. The number of amides is 2. The van der Waals surface area contributed by atoms with E-state index in [0.29, 0.717) is 0 Å². The van der Waals surface area contributed by atoms with Crippen LogP contribution >= 0.6 is 0 Å². The number of imide groups is 1. The van der Waals surface area contributed by atoms with E-state index >= 15 is 0 Å². The summed E-state index contributed by atoms with van der Waals surface area (Å²) in [6, 6.07) is 9.32. The number of non-ortho nitro benzene ring substituents is 1. The van der Waals surface area contributed by atoms with Crippen LogP contribution < -0.4 is 10.4 Å². The summed E-state index contributed by atoms with van der Waals surface area (Å²) in [6.07, 6.45) is 0. The summed E-state index contributed by atoms with van der Waals surface area (Å²) < 4.78 is 0. The third kappa shape index (κ3) is 2.37. The molecule has 2 amide bonds. The molecule has 2 aromatic rings. The Morgan fingerprint density at radius 2 is 1.57 bits per heavy atom. The Labute approximate surface area is 129 Å². The Morgan fingerprint density at radius 3 is 2.04 bits per heavy atom. The summed E-state index contributed by atoms with van der Waals surface area (Å²) in [5, 5.41) is 29.5. The molecule has 9 heteroatoms. The topological polar surface area (TPSA) is 121 Å². The first kappa shape index (κ1) is 14.9. The number of fused-ring (bicyclic) bond motifs is 1. The van der Waals surface area contributed by atoms with Crippen molar-refractivity contribution in [2.24, 2.45) is 0 Å². The standard InChI is InChI=1S/C14H9BN2O6/c18-13-11-3-1-2-4-12(11)14(19)16(13)9-5-8(15(20)21)6-10(7-9)17(22)23/h1-7,20-21H. The molecule has 0 fully saturated rings. The van der Waals surface area contributed by atoms with Gasteiger partial charge in [0.15, 0.2) is 0 Å². The van der Waals surface area contributed by atoms with E-state index in [1.54, 1.807) is 12.1 Å². The fourth-order valence-corrected chi connectivity index (χ4v) is 2.43. The second-order valence-corrected chi connectivity index (χ2v) is 4.90. The van der Waals surface area contributed by atoms with Crippen LogP contribution in [0.3, 0.4) is 0 Å². The zero-order valence-electron chi connectivity index (χ0n) is 11.5. The van der Waals surface area contributed by atoms with Gasteiger partial charge in [-0.15, -0.1) is 0 Å². The molecule has 2 aromatic carbocycles. The molecule has 0 atom stereocenters. The van der Waals surface area contributed by atoms with E-state index in [1.807, 2.05) is 0 Å². The number of carbonyl (C=O) groups excluding carboxylic acids is 2. The first-order chi connectivity index (χ1) is 10.9. The maximum Gasteiger partial charge on any atom is 0.488 e. The lowest BCUT2D eigenvalue weighted by Gasteiger charge is -2.15. The molecule has 8 nitrogen and oxygen atoms in total. The van der Waals surface area contributed by atoms with E-state index in [0.717, 1.165) is 23.1 Å². The van der Waals surface area contributed by atoms with E-state index in [-0.39, 0.29) is 22.3 Å². The number of nitro groups is 1. The Balaban J connectivity index is 2.14. The van der Waals surface area contributed by atoms with Gasteiger partial charge in [-0.2, -0.15) is 0 Å². The minimum atomic E-state index is -1.97. The van der Waals surface area contributed by atoms with Crippen molar-refractivity contribution in [1.29, 1.82) is 0 Å². The Bertz CT molecular complexity index is 816. The summed E-state index contributed by atoms with van der Waals surface area (Å²) in [5.74, 6) is -1.24. The molecule has 0 aromatic heterocycles. The van der Waals surface area contributed by atoms with Crippen LogP contribution in [0.15, 0.2) is 42.5 Å². The molecule has 0 saturated heterocycles. The van der Waals surface area contributed by atoms with Gasteiger partial charge >= 0.3 is 7.12 Å². The summed E-state index contributed by atoms with van der Waals surface area (Å²) >= 11 is 0. The van der Waals surface area contributed by atoms with E-state index < -0.39 is 29.5 Å². The minimum Gasteiger partial charge on any atom is -0.423 e. The van der Waals surface area contributed by atoms with Gasteiger partial charge in [-0.05, 0) is 23.7 Å². The third-order valence-electron chi connectivity index (χ3n) is 3.49. The van der Waals surface area contributed by atoms with Crippen molar-refractivity contribution in [2.75, 3.05) is 4.90 Å². The SMILES string of the molecule is O=C1c2ccccc2C(=O)N1c1cc(B(O)O)cc([N+](=O)[O-])c1. The molecule has 3 rings (SSSR count). The lowest BCUT2D eigenvalue weighted by molar-refractivity contribution is -0.384. The molecule has 0 spiro atoms. The van der Waals surface area contributed by atoms with Crippen molar-refractivity contribution in [2.45, 2.75) is 0 Å². The van der Waals surface area contributed by atoms with Crippen LogP contribution in [0.4, 0.5) is 11.4 Å². The second kappa shape index (κ2) is 5.31. The second-order valence-electron chi connectivity index (χ2n) is 4.90. The number of benzene rings is 2. The van der Waals surface area contributed by atoms with Gasteiger partial charge < -0.3 is 10.0 Å². The zero-order chi connectivity index (χ0) is 16.7. The molecule has 0 aliphatic carbocycles. The van der Waals surface area contributed by atoms with Gasteiger partial charge in [0.05, 0.1) is 21.7 Å². The monoisotopic (exact) mass is 312 g/mol. The molecule has 23 heavy (non-hydrogen) atoms. The maximum atomic E-state index is 12.4. The van der Waals surface area contributed by atoms with Crippen LogP contribution in [-0.2, 0) is 0 Å². The van der Waals surface area contributed by atoms with Crippen molar-refractivity contribution in [3.63, 3.8) is 0 Å². The maximum absolute atomic E-state index is 12.4. The van der Waals surface area contributed by atoms with Gasteiger partial charge in [-0.25, -0.2) is 4.90 Å². The number of hydrogen-bond donors (Lipinski definition) is 2. The molecule has 2 N–H and O–H groups in total. The smallest absolute Gasteiger partial charge is 0.423 e. The van der Waals surface area contributed by atoms with Gasteiger partial charge in [0, 0.05) is 12.1 Å². The molecular weight excluding hydrogens is 303 g/mol. The van der Waals surface area contributed by atoms with Crippen LogP contribution in [0.1, 0.15) is 20.7 Å². The van der Waals surface area contributed by atoms with Crippen LogP contribution in [0.25, 0.3) is 0 Å². The fraction of sp³-hybridized carbons (Fsp3) is 0. The molecule has 0 saturated carbocycles. The highest BCUT2D eigenvalue weighted by Crippen LogP contribution is 2.29. The average molecular weight is 312 g/mol. The number of nitrogens with zero attached hydrogens (tertiary/aromatic N) is 2. The van der Waals surface area contributed by atoms with Crippen LogP contribution in [0.5, 0.6) is 0 Å². The Morgan fingerprint density at radius 1 is 1.00 bits per heavy atom. The number of anilines is 1. The Hall–Kier alpha value is -3.04. The zero-order valence-corrected chi connectivity index (χ0v) is 11.5. The van der Waals surface area contributed by atoms with E-state index in [1.165, 1.54) is 12.1 Å². The van der Waals surface area contributed by atoms with Crippen molar-refractivity contribution in [1.82, 2.24) is 0 Å². The quantitative estimate of drug-likeness (QED) is 0.358. The van der Waals surface area contributed by atoms with Crippen molar-refractivity contribution >= 4 is 35.8 Å². The number of nitro benzene ring substituents is 1. The highest BCUT2D eigenvalue weighted by atomic mass is 16.6. The van der Waals surface area contributed by atoms with E-state index in [9.17, 15) is 29.8 Å². The van der Waals surface area contributed by atoms with Crippen molar-refractivity contribution in [3.05, 3.63) is 63.7 Å². The lowest BCUT2D eigenvalue weighted by atomic mass is 9.80. The van der Waals surface area contributed by atoms with E-state index in [2.05, 4.69) is 0 Å². The van der Waals surface area contributed by atoms with Gasteiger partial charge in [0.2, 0.25) is 0 Å². The Kier molecular flexibility index (Phi) is 3.43. The molecule has 1 aliphatic rings. The van der Waals surface area contributed by atoms with Crippen molar-refractivity contribution < 1.29 is 24.6 Å². The molecule has 1 heterocycles. The summed E-state index contributed by atoms with van der Waals surface area (Å²) in [5.41, 5.74) is -0.355. The van der Waals surface area contributed by atoms with Gasteiger partial charge in [-0.3, -0.25) is 19.7 Å². The predicted molar refractivity (Wildman–Crippen MR) is 80.5 cm³/mol. The normalized spacial score (nSPS) is 13.2. The first-order valence-corrected chi connectivity index (χ1v) is 6.53. The first-order valence-electron chi connectivity index (χ1n) is 6.53. The summed E-state index contributed by atoms with van der Waals surface area (Å²) in [4.78, 5) is 35.8. The molecule has 0 bridgehead atoms. The highest BCUT2D eigenvalue weighted by Gasteiger charge is 2.37. The van der Waals surface area contributed by atoms with Crippen LogP contribution in [0, 0.1) is 10.1 Å². The summed E-state index contributed by atoms with van der Waals surface area (Å²) in [7, 11) is -1.97. The number of rotatable bonds is 3.